The van der Waals surface area contributed by atoms with Gasteiger partial charge in [-0.2, -0.15) is 0 Å². The molecule has 10 aromatic carbocycles. The number of benzene rings is 10. The summed E-state index contributed by atoms with van der Waals surface area (Å²) in [5.41, 5.74) is 20.7. The number of fused-ring (bicyclic) bond motifs is 8. The van der Waals surface area contributed by atoms with Gasteiger partial charge in [0.25, 0.3) is 0 Å². The third kappa shape index (κ3) is 9.63. The van der Waals surface area contributed by atoms with E-state index in [0.717, 1.165) is 94.1 Å². The van der Waals surface area contributed by atoms with Gasteiger partial charge < -0.3 is 18.3 Å². The molecule has 0 amide bonds. The quantitative estimate of drug-likeness (QED) is 0.0900. The third-order valence-corrected chi connectivity index (χ3v) is 16.8. The van der Waals surface area contributed by atoms with E-state index in [1.807, 2.05) is 12.1 Å². The molecule has 0 saturated carbocycles. The van der Waals surface area contributed by atoms with Crippen molar-refractivity contribution in [1.82, 2.24) is 24.1 Å². The molecular formula is C77H65N5O2Pt. The van der Waals surface area contributed by atoms with Crippen LogP contribution < -0.4 is 4.74 Å². The van der Waals surface area contributed by atoms with Gasteiger partial charge in [0, 0.05) is 45.0 Å². The SMILES string of the molecule is Cc1cc2c(ccc3cc4oc5c(-c6nc7ccccc7n6-c6c(C(C)C)cc(-c7ccccc7)cc6C(C)C)[c-]c(Oc6[c-]c(-c7nc8ccccc8n7-c7c(C(C)C)cc(-c8ccccc8)cc7C(C)C)ccc6)cc5c4cc32)c(C)n1.[Pt+2]. The largest absolute Gasteiger partial charge is 2.00 e. The maximum absolute atomic E-state index is 7.20. The summed E-state index contributed by atoms with van der Waals surface area (Å²) in [5, 5.41) is 6.34. The topological polar surface area (TPSA) is 70.9 Å². The number of pyridine rings is 1. The van der Waals surface area contributed by atoms with Crippen molar-refractivity contribution in [2.75, 3.05) is 0 Å². The summed E-state index contributed by atoms with van der Waals surface area (Å²) in [5.74, 6) is 3.29. The molecule has 0 unspecified atom stereocenters. The van der Waals surface area contributed by atoms with Crippen LogP contribution in [0.3, 0.4) is 0 Å². The zero-order valence-corrected chi connectivity index (χ0v) is 51.8. The molecule has 0 aliphatic heterocycles. The van der Waals surface area contributed by atoms with E-state index in [-0.39, 0.29) is 44.7 Å². The van der Waals surface area contributed by atoms with Crippen LogP contribution in [0.2, 0.25) is 0 Å². The van der Waals surface area contributed by atoms with Crippen LogP contribution in [0.5, 0.6) is 11.5 Å². The third-order valence-electron chi connectivity index (χ3n) is 16.8. The molecule has 8 heteroatoms. The monoisotopic (exact) mass is 1290 g/mol. The maximum Gasteiger partial charge on any atom is 2.00 e. The predicted octanol–water partition coefficient (Wildman–Crippen LogP) is 21.1. The Balaban J connectivity index is 0.00000672. The van der Waals surface area contributed by atoms with Gasteiger partial charge in [-0.1, -0.05) is 182 Å². The molecule has 0 atom stereocenters. The van der Waals surface area contributed by atoms with Crippen LogP contribution >= 0.6 is 0 Å². The van der Waals surface area contributed by atoms with Crippen molar-refractivity contribution in [3.63, 3.8) is 0 Å². The molecule has 14 aromatic rings. The summed E-state index contributed by atoms with van der Waals surface area (Å²) in [6, 6.07) is 74.6. The molecule has 0 bridgehead atoms. The molecule has 0 saturated heterocycles. The fourth-order valence-electron chi connectivity index (χ4n) is 12.7. The number of nitrogens with zero attached hydrogens (tertiary/aromatic N) is 5. The first kappa shape index (κ1) is 55.3. The molecule has 0 fully saturated rings. The molecule has 420 valence electrons. The van der Waals surface area contributed by atoms with Crippen molar-refractivity contribution in [3.05, 3.63) is 234 Å². The molecule has 7 nitrogen and oxygen atoms in total. The van der Waals surface area contributed by atoms with Crippen molar-refractivity contribution in [2.24, 2.45) is 0 Å². The van der Waals surface area contributed by atoms with Gasteiger partial charge >= 0.3 is 21.1 Å². The number of para-hydroxylation sites is 4. The Morgan fingerprint density at radius 1 is 0.424 bits per heavy atom. The van der Waals surface area contributed by atoms with E-state index in [1.165, 1.54) is 44.5 Å². The van der Waals surface area contributed by atoms with E-state index in [0.29, 0.717) is 28.5 Å². The summed E-state index contributed by atoms with van der Waals surface area (Å²) >= 11 is 0. The van der Waals surface area contributed by atoms with Crippen molar-refractivity contribution in [3.8, 4) is 67.9 Å². The van der Waals surface area contributed by atoms with Crippen LogP contribution in [0.25, 0.3) is 122 Å². The summed E-state index contributed by atoms with van der Waals surface area (Å²) < 4.78 is 19.1. The van der Waals surface area contributed by atoms with Crippen molar-refractivity contribution in [1.29, 1.82) is 0 Å². The summed E-state index contributed by atoms with van der Waals surface area (Å²) in [6.45, 7) is 22.5. The molecule has 14 rings (SSSR count). The van der Waals surface area contributed by atoms with Crippen LogP contribution in [0.4, 0.5) is 0 Å². The van der Waals surface area contributed by atoms with Gasteiger partial charge in [0.05, 0.1) is 39.3 Å². The van der Waals surface area contributed by atoms with Gasteiger partial charge in [-0.05, 0) is 165 Å². The second-order valence-corrected chi connectivity index (χ2v) is 23.8. The summed E-state index contributed by atoms with van der Waals surface area (Å²) in [4.78, 5) is 15.9. The molecule has 0 aliphatic rings. The van der Waals surface area contributed by atoms with Crippen LogP contribution in [0.15, 0.2) is 192 Å². The van der Waals surface area contributed by atoms with Crippen molar-refractivity contribution >= 4 is 65.6 Å². The number of hydrogen-bond donors (Lipinski definition) is 0. The molecule has 0 N–H and O–H groups in total. The second-order valence-electron chi connectivity index (χ2n) is 23.8. The first-order valence-corrected chi connectivity index (χ1v) is 29.5. The molecule has 4 heterocycles. The van der Waals surface area contributed by atoms with E-state index in [4.69, 9.17) is 24.1 Å². The molecule has 4 aromatic heterocycles. The van der Waals surface area contributed by atoms with Crippen molar-refractivity contribution in [2.45, 2.75) is 92.9 Å². The minimum Gasteiger partial charge on any atom is -0.501 e. The Kier molecular flexibility index (Phi) is 14.3. The average Bonchev–Trinajstić information content (AvgIpc) is 2.14. The summed E-state index contributed by atoms with van der Waals surface area (Å²) in [6.07, 6.45) is 0. The van der Waals surface area contributed by atoms with E-state index >= 15 is 0 Å². The van der Waals surface area contributed by atoms with Crippen molar-refractivity contribution < 1.29 is 30.2 Å². The van der Waals surface area contributed by atoms with Gasteiger partial charge in [0.15, 0.2) is 0 Å². The number of rotatable bonds is 12. The normalized spacial score (nSPS) is 12.0. The Morgan fingerprint density at radius 3 is 1.52 bits per heavy atom. The number of imidazole rings is 2. The first-order valence-electron chi connectivity index (χ1n) is 29.5. The molecule has 0 spiro atoms. The minimum atomic E-state index is 0. The Bertz CT molecular complexity index is 4850. The first-order chi connectivity index (χ1) is 40.8. The van der Waals surface area contributed by atoms with Gasteiger partial charge in [-0.3, -0.25) is 15.0 Å². The van der Waals surface area contributed by atoms with E-state index < -0.39 is 0 Å². The number of hydrogen-bond acceptors (Lipinski definition) is 5. The fraction of sp³-hybridized carbons (Fsp3) is 0.182. The molecular weight excluding hydrogens is 1220 g/mol. The van der Waals surface area contributed by atoms with Gasteiger partial charge in [0.2, 0.25) is 0 Å². The van der Waals surface area contributed by atoms with Crippen LogP contribution in [0, 0.1) is 26.0 Å². The fourth-order valence-corrected chi connectivity index (χ4v) is 12.7. The second kappa shape index (κ2) is 21.9. The number of furan rings is 1. The Labute approximate surface area is 511 Å². The molecule has 85 heavy (non-hydrogen) atoms. The minimum absolute atomic E-state index is 0. The standard InChI is InChI=1S/C77H65N5O2.Pt/c1-44(2)59-36-54(50-22-13-11-14-23-50)37-60(45(3)4)73(59)81-70-30-19-17-28-68(70)79-76(81)53-26-21-27-56(35-53)83-57-41-66-65-43-63-52(32-33-58-49(10)78-48(9)34-64(58)63)40-72(65)84-75(66)67(42-57)77-80-69-29-18-20-31-71(69)82(77)74-61(46(5)6)38-55(39-62(74)47(7)8)51-24-15-12-16-25-51;/h11-34,36-41,43-47H,1-10H3;/q-2;+2. The van der Waals surface area contributed by atoms with E-state index in [9.17, 15) is 0 Å². The van der Waals surface area contributed by atoms with E-state index in [2.05, 4.69) is 266 Å². The van der Waals surface area contributed by atoms with Crippen LogP contribution in [0.1, 0.15) is 113 Å². The number of aryl methyl sites for hydroxylation is 2. The predicted molar refractivity (Wildman–Crippen MR) is 348 cm³/mol. The molecule has 0 radical (unpaired) electrons. The van der Waals surface area contributed by atoms with Gasteiger partial charge in [-0.15, -0.1) is 23.8 Å². The molecule has 0 aliphatic carbocycles. The van der Waals surface area contributed by atoms with Gasteiger partial charge in [-0.25, -0.2) is 0 Å². The van der Waals surface area contributed by atoms with Crippen LogP contribution in [-0.4, -0.2) is 24.1 Å². The number of aromatic nitrogens is 5. The Morgan fingerprint density at radius 2 is 0.953 bits per heavy atom. The van der Waals surface area contributed by atoms with Gasteiger partial charge in [0.1, 0.15) is 5.58 Å². The van der Waals surface area contributed by atoms with E-state index in [1.54, 1.807) is 0 Å². The zero-order chi connectivity index (χ0) is 57.7. The maximum atomic E-state index is 7.20. The Hall–Kier alpha value is -8.90. The summed E-state index contributed by atoms with van der Waals surface area (Å²) in [7, 11) is 0. The smallest absolute Gasteiger partial charge is 0.501 e. The average molecular weight is 1290 g/mol. The zero-order valence-electron chi connectivity index (χ0n) is 49.6. The van der Waals surface area contributed by atoms with Crippen LogP contribution in [-0.2, 0) is 21.1 Å². The number of ether oxygens (including phenoxy) is 1.